The number of hydrogen-bond acceptors (Lipinski definition) is 15. The molecule has 5 N–H and O–H groups in total. The molecule has 3 aliphatic carbocycles. The first kappa shape index (κ1) is 47.8. The van der Waals surface area contributed by atoms with E-state index in [0.29, 0.717) is 17.7 Å². The van der Waals surface area contributed by atoms with Gasteiger partial charge in [0.05, 0.1) is 41.8 Å². The average Bonchev–Trinajstić information content (AvgIpc) is 3.20. The number of carbonyl (C=O) groups is 5. The number of carbonyl (C=O) groups excluding carboxylic acids is 5. The van der Waals surface area contributed by atoms with Crippen molar-refractivity contribution in [2.45, 2.75) is 148 Å². The lowest BCUT2D eigenvalue weighted by atomic mass is 9.44. The number of hydrogen-bond donors (Lipinski definition) is 5. The van der Waals surface area contributed by atoms with E-state index in [4.69, 9.17) is 28.4 Å². The van der Waals surface area contributed by atoms with Gasteiger partial charge in [0, 0.05) is 31.8 Å². The van der Waals surface area contributed by atoms with Gasteiger partial charge in [0.25, 0.3) is 0 Å². The Morgan fingerprint density at radius 2 is 1.59 bits per heavy atom. The number of alkyl carbamates (subject to hydrolysis) is 1. The number of ether oxygens (including phenoxy) is 6. The van der Waals surface area contributed by atoms with Crippen molar-refractivity contribution in [2.75, 3.05) is 13.2 Å². The Kier molecular flexibility index (Phi) is 13.2. The molecule has 1 unspecified atom stereocenters. The normalized spacial score (nSPS) is 32.5. The van der Waals surface area contributed by atoms with Crippen molar-refractivity contribution in [3.8, 4) is 0 Å². The zero-order valence-corrected chi connectivity index (χ0v) is 37.5. The highest BCUT2D eigenvalue weighted by molar-refractivity contribution is 5.94. The van der Waals surface area contributed by atoms with Gasteiger partial charge in [-0.3, -0.25) is 9.59 Å². The van der Waals surface area contributed by atoms with Crippen molar-refractivity contribution >= 4 is 29.8 Å². The lowest BCUT2D eigenvalue weighted by molar-refractivity contribution is -0.346. The fourth-order valence-corrected chi connectivity index (χ4v) is 10.4. The topological polar surface area (TPSA) is 234 Å². The number of amides is 1. The number of aliphatic hydroxyl groups excluding tert-OH is 3. The molecule has 2 saturated carbocycles. The smallest absolute Gasteiger partial charge is 0.408 e. The van der Waals surface area contributed by atoms with E-state index in [9.17, 15) is 39.6 Å². The number of fused-ring (bicyclic) bond motifs is 5. The second kappa shape index (κ2) is 17.3. The second-order valence-electron chi connectivity index (χ2n) is 18.9. The Hall–Kier alpha value is -4.71. The summed E-state index contributed by atoms with van der Waals surface area (Å²) in [6, 6.07) is 13.1. The molecular weight excluding hydrogens is 819 g/mol. The minimum absolute atomic E-state index is 0.0738. The SMILES string of the molecule is CCOC(C)c1ccccc1[C@H](NC(=O)OC(C)(C)C)[C@@H](O)C(=O)O[C@H]1C[C@@]2(O)[C@@H](OC(=O)c3ccccc3)[C@@H]3[C@]4(OC(C)=O)CO[C@@H]4C[C@H](O)[C@@]3(C)C(=O)[C@H](O)C(=C1C)C2(C)C. The molecule has 1 heterocycles. The Morgan fingerprint density at radius 3 is 2.16 bits per heavy atom. The Morgan fingerprint density at radius 1 is 0.968 bits per heavy atom. The van der Waals surface area contributed by atoms with Crippen molar-refractivity contribution < 1.29 is 72.8 Å². The van der Waals surface area contributed by atoms with Crippen LogP contribution in [0.4, 0.5) is 4.79 Å². The third-order valence-corrected chi connectivity index (χ3v) is 13.6. The number of benzene rings is 2. The lowest BCUT2D eigenvalue weighted by Crippen LogP contribution is -2.81. The van der Waals surface area contributed by atoms with Crippen molar-refractivity contribution in [1.29, 1.82) is 0 Å². The second-order valence-corrected chi connectivity index (χ2v) is 18.9. The molecule has 3 fully saturated rings. The molecule has 16 nitrogen and oxygen atoms in total. The van der Waals surface area contributed by atoms with Gasteiger partial charge < -0.3 is 54.2 Å². The van der Waals surface area contributed by atoms with E-state index in [-0.39, 0.29) is 29.7 Å². The van der Waals surface area contributed by atoms with Crippen molar-refractivity contribution in [1.82, 2.24) is 5.32 Å². The monoisotopic (exact) mass is 879 g/mol. The molecule has 1 amide bonds. The third-order valence-electron chi connectivity index (χ3n) is 13.6. The number of esters is 3. The van der Waals surface area contributed by atoms with E-state index >= 15 is 4.79 Å². The maximum Gasteiger partial charge on any atom is 0.408 e. The molecule has 6 rings (SSSR count). The van der Waals surface area contributed by atoms with E-state index in [1.807, 2.05) is 0 Å². The Labute approximate surface area is 367 Å². The highest BCUT2D eigenvalue weighted by Gasteiger charge is 2.78. The maximum absolute atomic E-state index is 15.1. The van der Waals surface area contributed by atoms with Crippen LogP contribution in [-0.4, -0.2) is 117 Å². The number of ketones is 1. The van der Waals surface area contributed by atoms with Gasteiger partial charge in [0.2, 0.25) is 0 Å². The molecule has 1 aliphatic heterocycles. The molecule has 2 bridgehead atoms. The predicted octanol–water partition coefficient (Wildman–Crippen LogP) is 4.36. The average molecular weight is 880 g/mol. The summed E-state index contributed by atoms with van der Waals surface area (Å²) in [7, 11) is 0. The van der Waals surface area contributed by atoms with Crippen molar-refractivity contribution in [3.63, 3.8) is 0 Å². The van der Waals surface area contributed by atoms with Gasteiger partial charge in [0.1, 0.15) is 35.6 Å². The molecule has 2 aromatic carbocycles. The number of Topliss-reactive ketones (excluding diaryl/α,β-unsaturated/α-hetero) is 1. The summed E-state index contributed by atoms with van der Waals surface area (Å²) in [6.45, 7) is 15.7. The minimum Gasteiger partial charge on any atom is -0.456 e. The molecule has 1 saturated heterocycles. The van der Waals surface area contributed by atoms with Crippen LogP contribution in [0.25, 0.3) is 0 Å². The molecule has 344 valence electrons. The van der Waals surface area contributed by atoms with Crippen LogP contribution in [0.1, 0.15) is 116 Å². The van der Waals surface area contributed by atoms with Gasteiger partial charge in [-0.1, -0.05) is 56.3 Å². The van der Waals surface area contributed by atoms with E-state index in [1.165, 1.54) is 26.0 Å². The molecule has 63 heavy (non-hydrogen) atoms. The fourth-order valence-electron chi connectivity index (χ4n) is 10.4. The van der Waals surface area contributed by atoms with Crippen LogP contribution in [0.5, 0.6) is 0 Å². The highest BCUT2D eigenvalue weighted by Crippen LogP contribution is 2.64. The quantitative estimate of drug-likeness (QED) is 0.120. The van der Waals surface area contributed by atoms with E-state index in [2.05, 4.69) is 5.32 Å². The van der Waals surface area contributed by atoms with Gasteiger partial charge in [-0.15, -0.1) is 0 Å². The standard InChI is InChI=1S/C47H61NO15/c1-11-58-25(3)28-19-15-16-20-29(28)34(48-42(56)63-43(5,6)7)36(52)41(55)60-30-22-47(57)39(61-40(54)27-17-13-12-14-18-27)37-45(10,38(53)35(51)33(24(30)2)44(47,8)9)31(50)21-32-46(37,23-59-32)62-26(4)49/h12-20,25,30-32,34-37,39,50-52,57H,11,21-23H2,1-10H3,(H,48,56)/t25?,30-,31-,32+,34-,35+,36+,37-,39-,45+,46-,47+/m0/s1. The first-order valence-corrected chi connectivity index (χ1v) is 21.3. The summed E-state index contributed by atoms with van der Waals surface area (Å²) in [6.07, 6.45) is -12.3. The lowest BCUT2D eigenvalue weighted by Gasteiger charge is -2.67. The third kappa shape index (κ3) is 8.30. The van der Waals surface area contributed by atoms with Crippen LogP contribution >= 0.6 is 0 Å². The van der Waals surface area contributed by atoms with Crippen LogP contribution in [0.15, 0.2) is 65.7 Å². The molecule has 0 spiro atoms. The van der Waals surface area contributed by atoms with Crippen LogP contribution in [0.2, 0.25) is 0 Å². The largest absolute Gasteiger partial charge is 0.456 e. The molecular formula is C47H61NO15. The first-order chi connectivity index (χ1) is 29.3. The summed E-state index contributed by atoms with van der Waals surface area (Å²) in [5.41, 5.74) is -7.77. The predicted molar refractivity (Wildman–Crippen MR) is 224 cm³/mol. The number of rotatable bonds is 11. The maximum atomic E-state index is 15.1. The van der Waals surface area contributed by atoms with E-state index in [0.717, 1.165) is 6.92 Å². The van der Waals surface area contributed by atoms with Crippen LogP contribution in [-0.2, 0) is 42.8 Å². The van der Waals surface area contributed by atoms with Crippen LogP contribution in [0.3, 0.4) is 0 Å². The Bertz CT molecular complexity index is 2130. The van der Waals surface area contributed by atoms with E-state index in [1.54, 1.807) is 90.9 Å². The fraction of sp³-hybridized carbons (Fsp3) is 0.596. The molecule has 12 atom stereocenters. The Balaban J connectivity index is 1.50. The van der Waals surface area contributed by atoms with Crippen LogP contribution < -0.4 is 5.32 Å². The molecule has 4 aliphatic rings. The summed E-state index contributed by atoms with van der Waals surface area (Å²) >= 11 is 0. The summed E-state index contributed by atoms with van der Waals surface area (Å²) in [5, 5.41) is 52.4. The first-order valence-electron chi connectivity index (χ1n) is 21.3. The summed E-state index contributed by atoms with van der Waals surface area (Å²) < 4.78 is 35.7. The number of aliphatic hydroxyl groups is 4. The van der Waals surface area contributed by atoms with Gasteiger partial charge in [0.15, 0.2) is 17.5 Å². The minimum atomic E-state index is -2.38. The highest BCUT2D eigenvalue weighted by atomic mass is 16.6. The molecule has 0 aromatic heterocycles. The van der Waals surface area contributed by atoms with Gasteiger partial charge in [-0.05, 0) is 82.9 Å². The van der Waals surface area contributed by atoms with Gasteiger partial charge >= 0.3 is 24.0 Å². The molecule has 16 heteroatoms. The number of nitrogens with one attached hydrogen (secondary N) is 1. The van der Waals surface area contributed by atoms with Gasteiger partial charge in [-0.2, -0.15) is 0 Å². The van der Waals surface area contributed by atoms with Crippen LogP contribution in [0, 0.1) is 16.7 Å². The molecule has 2 aromatic rings. The van der Waals surface area contributed by atoms with Crippen molar-refractivity contribution in [2.24, 2.45) is 16.7 Å². The molecule has 0 radical (unpaired) electrons. The van der Waals surface area contributed by atoms with Crippen molar-refractivity contribution in [3.05, 3.63) is 82.4 Å². The zero-order chi connectivity index (χ0) is 46.6. The van der Waals surface area contributed by atoms with Gasteiger partial charge in [-0.25, -0.2) is 14.4 Å². The summed E-state index contributed by atoms with van der Waals surface area (Å²) in [4.78, 5) is 70.0. The summed E-state index contributed by atoms with van der Waals surface area (Å²) in [5.74, 6) is -5.43. The zero-order valence-electron chi connectivity index (χ0n) is 37.5. The van der Waals surface area contributed by atoms with E-state index < -0.39 is 119 Å².